The van der Waals surface area contributed by atoms with Crippen molar-refractivity contribution in [1.29, 1.82) is 0 Å². The van der Waals surface area contributed by atoms with Gasteiger partial charge in [-0.25, -0.2) is 4.39 Å². The van der Waals surface area contributed by atoms with E-state index in [-0.39, 0.29) is 5.82 Å². The second-order valence-corrected chi connectivity index (χ2v) is 5.45. The van der Waals surface area contributed by atoms with Crippen LogP contribution in [-0.2, 0) is 11.8 Å². The van der Waals surface area contributed by atoms with Crippen LogP contribution in [0, 0.1) is 5.82 Å². The zero-order valence-corrected chi connectivity index (χ0v) is 12.8. The summed E-state index contributed by atoms with van der Waals surface area (Å²) in [4.78, 5) is 1.88. The highest BCUT2D eigenvalue weighted by atomic mass is 19.1. The maximum atomic E-state index is 13.0. The molecule has 1 N–H and O–H groups in total. The Kier molecular flexibility index (Phi) is 4.24. The van der Waals surface area contributed by atoms with Crippen LogP contribution in [0.2, 0.25) is 0 Å². The van der Waals surface area contributed by atoms with Crippen molar-refractivity contribution < 1.29 is 9.13 Å². The molecule has 0 saturated carbocycles. The Labute approximate surface area is 128 Å². The van der Waals surface area contributed by atoms with E-state index in [4.69, 9.17) is 4.74 Å². The molecule has 0 spiro atoms. The SMILES string of the molecule is CN(c1ccc(F)cc1)c1nnc(NC2CCOCC2)n1C. The van der Waals surface area contributed by atoms with Crippen molar-refractivity contribution in [2.24, 2.45) is 7.05 Å². The lowest BCUT2D eigenvalue weighted by Crippen LogP contribution is -2.29. The molecule has 1 aromatic carbocycles. The average Bonchev–Trinajstić information content (AvgIpc) is 2.89. The molecule has 0 atom stereocenters. The fourth-order valence-electron chi connectivity index (χ4n) is 2.54. The number of anilines is 3. The van der Waals surface area contributed by atoms with Gasteiger partial charge in [0.05, 0.1) is 0 Å². The molecule has 1 fully saturated rings. The predicted octanol–water partition coefficient (Wildman–Crippen LogP) is 2.31. The van der Waals surface area contributed by atoms with Crippen molar-refractivity contribution in [3.05, 3.63) is 30.1 Å². The Hall–Kier alpha value is -2.15. The Bertz CT molecular complexity index is 621. The van der Waals surface area contributed by atoms with Crippen molar-refractivity contribution >= 4 is 17.6 Å². The number of benzene rings is 1. The largest absolute Gasteiger partial charge is 0.381 e. The van der Waals surface area contributed by atoms with Gasteiger partial charge >= 0.3 is 0 Å². The van der Waals surface area contributed by atoms with Crippen molar-refractivity contribution in [3.63, 3.8) is 0 Å². The van der Waals surface area contributed by atoms with Gasteiger partial charge in [-0.15, -0.1) is 10.2 Å². The number of halogens is 1. The molecule has 2 aromatic rings. The predicted molar refractivity (Wildman–Crippen MR) is 82.9 cm³/mol. The summed E-state index contributed by atoms with van der Waals surface area (Å²) >= 11 is 0. The van der Waals surface area contributed by atoms with E-state index in [0.717, 1.165) is 37.7 Å². The first-order chi connectivity index (χ1) is 10.6. The molecule has 1 saturated heterocycles. The molecule has 0 bridgehead atoms. The van der Waals surface area contributed by atoms with Crippen LogP contribution < -0.4 is 10.2 Å². The van der Waals surface area contributed by atoms with Gasteiger partial charge in [0.1, 0.15) is 5.82 Å². The van der Waals surface area contributed by atoms with Crippen molar-refractivity contribution in [2.45, 2.75) is 18.9 Å². The standard InChI is InChI=1S/C15H20FN5O/c1-20(13-5-3-11(16)4-6-13)15-19-18-14(21(15)2)17-12-7-9-22-10-8-12/h3-6,12H,7-10H2,1-2H3,(H,17,18). The highest BCUT2D eigenvalue weighted by Crippen LogP contribution is 2.24. The molecule has 118 valence electrons. The number of rotatable bonds is 4. The summed E-state index contributed by atoms with van der Waals surface area (Å²) in [6.07, 6.45) is 1.94. The van der Waals surface area contributed by atoms with E-state index in [1.165, 1.54) is 12.1 Å². The number of aromatic nitrogens is 3. The fourth-order valence-corrected chi connectivity index (χ4v) is 2.54. The number of nitrogens with zero attached hydrogens (tertiary/aromatic N) is 4. The molecule has 0 aliphatic carbocycles. The van der Waals surface area contributed by atoms with Gasteiger partial charge in [0.2, 0.25) is 11.9 Å². The lowest BCUT2D eigenvalue weighted by Gasteiger charge is -2.23. The van der Waals surface area contributed by atoms with Crippen LogP contribution in [0.3, 0.4) is 0 Å². The highest BCUT2D eigenvalue weighted by Gasteiger charge is 2.18. The van der Waals surface area contributed by atoms with Gasteiger partial charge in [-0.3, -0.25) is 4.57 Å². The molecule has 1 aliphatic rings. The third-order valence-electron chi connectivity index (χ3n) is 3.92. The summed E-state index contributed by atoms with van der Waals surface area (Å²) < 4.78 is 20.3. The second-order valence-electron chi connectivity index (χ2n) is 5.45. The summed E-state index contributed by atoms with van der Waals surface area (Å²) in [5.74, 6) is 1.18. The molecule has 7 heteroatoms. The molecular formula is C15H20FN5O. The lowest BCUT2D eigenvalue weighted by atomic mass is 10.1. The van der Waals surface area contributed by atoms with Crippen molar-refractivity contribution in [2.75, 3.05) is 30.5 Å². The Morgan fingerprint density at radius 3 is 2.59 bits per heavy atom. The van der Waals surface area contributed by atoms with E-state index < -0.39 is 0 Å². The third-order valence-corrected chi connectivity index (χ3v) is 3.92. The normalized spacial score (nSPS) is 15.8. The molecule has 2 heterocycles. The smallest absolute Gasteiger partial charge is 0.232 e. The number of hydrogen-bond acceptors (Lipinski definition) is 5. The van der Waals surface area contributed by atoms with Crippen LogP contribution in [-0.4, -0.2) is 41.1 Å². The van der Waals surface area contributed by atoms with Crippen LogP contribution in [0.15, 0.2) is 24.3 Å². The maximum Gasteiger partial charge on any atom is 0.232 e. The summed E-state index contributed by atoms with van der Waals surface area (Å²) in [5, 5.41) is 11.9. The molecule has 0 amide bonds. The van der Waals surface area contributed by atoms with Crippen LogP contribution in [0.5, 0.6) is 0 Å². The molecule has 22 heavy (non-hydrogen) atoms. The van der Waals surface area contributed by atoms with Crippen molar-refractivity contribution in [3.8, 4) is 0 Å². The first-order valence-electron chi connectivity index (χ1n) is 7.38. The van der Waals surface area contributed by atoms with Crippen molar-refractivity contribution in [1.82, 2.24) is 14.8 Å². The van der Waals surface area contributed by atoms with Gasteiger partial charge in [0.25, 0.3) is 0 Å². The van der Waals surface area contributed by atoms with E-state index in [1.54, 1.807) is 12.1 Å². The van der Waals surface area contributed by atoms with E-state index in [2.05, 4.69) is 15.5 Å². The van der Waals surface area contributed by atoms with Gasteiger partial charge in [-0.1, -0.05) is 0 Å². The van der Waals surface area contributed by atoms with E-state index in [1.807, 2.05) is 23.6 Å². The van der Waals surface area contributed by atoms with Crippen LogP contribution in [0.4, 0.5) is 22.0 Å². The van der Waals surface area contributed by atoms with E-state index >= 15 is 0 Å². The Morgan fingerprint density at radius 1 is 1.23 bits per heavy atom. The van der Waals surface area contributed by atoms with Crippen LogP contribution in [0.25, 0.3) is 0 Å². The maximum absolute atomic E-state index is 13.0. The molecule has 3 rings (SSSR count). The van der Waals surface area contributed by atoms with Crippen LogP contribution >= 0.6 is 0 Å². The summed E-state index contributed by atoms with van der Waals surface area (Å²) in [6.45, 7) is 1.55. The van der Waals surface area contributed by atoms with Gasteiger partial charge in [0.15, 0.2) is 0 Å². The number of hydrogen-bond donors (Lipinski definition) is 1. The van der Waals surface area contributed by atoms with Gasteiger partial charge < -0.3 is 15.0 Å². The summed E-state index contributed by atoms with van der Waals surface area (Å²) in [5.41, 5.74) is 0.856. The molecular weight excluding hydrogens is 285 g/mol. The quantitative estimate of drug-likeness (QED) is 0.939. The highest BCUT2D eigenvalue weighted by molar-refractivity contribution is 5.57. The lowest BCUT2D eigenvalue weighted by molar-refractivity contribution is 0.0902. The topological polar surface area (TPSA) is 55.2 Å². The monoisotopic (exact) mass is 305 g/mol. The van der Waals surface area contributed by atoms with Gasteiger partial charge in [-0.2, -0.15) is 0 Å². The van der Waals surface area contributed by atoms with Crippen LogP contribution in [0.1, 0.15) is 12.8 Å². The molecule has 0 radical (unpaired) electrons. The summed E-state index contributed by atoms with van der Waals surface area (Å²) in [7, 11) is 3.80. The molecule has 6 nitrogen and oxygen atoms in total. The first-order valence-corrected chi connectivity index (χ1v) is 7.38. The average molecular weight is 305 g/mol. The third kappa shape index (κ3) is 3.04. The zero-order valence-electron chi connectivity index (χ0n) is 12.8. The minimum atomic E-state index is -0.253. The Morgan fingerprint density at radius 2 is 1.91 bits per heavy atom. The minimum absolute atomic E-state index is 0.253. The second kappa shape index (κ2) is 6.31. The molecule has 1 aromatic heterocycles. The van der Waals surface area contributed by atoms with Gasteiger partial charge in [0, 0.05) is 39.0 Å². The first kappa shape index (κ1) is 14.8. The van der Waals surface area contributed by atoms with Gasteiger partial charge in [-0.05, 0) is 37.1 Å². The Balaban J connectivity index is 1.75. The molecule has 0 unspecified atom stereocenters. The van der Waals surface area contributed by atoms with E-state index in [9.17, 15) is 4.39 Å². The fraction of sp³-hybridized carbons (Fsp3) is 0.467. The minimum Gasteiger partial charge on any atom is -0.381 e. The van der Waals surface area contributed by atoms with E-state index in [0.29, 0.717) is 12.0 Å². The number of nitrogens with one attached hydrogen (secondary N) is 1. The molecule has 1 aliphatic heterocycles. The number of ether oxygens (including phenoxy) is 1. The summed E-state index contributed by atoms with van der Waals surface area (Å²) in [6, 6.07) is 6.67. The zero-order chi connectivity index (χ0) is 15.5.